The highest BCUT2D eigenvalue weighted by Gasteiger charge is 2.25. The van der Waals surface area contributed by atoms with Gasteiger partial charge in [0.05, 0.1) is 15.9 Å². The Morgan fingerprint density at radius 2 is 1.27 bits per heavy atom. The quantitative estimate of drug-likeness (QED) is 0.187. The summed E-state index contributed by atoms with van der Waals surface area (Å²) in [4.78, 5) is 14.4. The van der Waals surface area contributed by atoms with Gasteiger partial charge in [0.2, 0.25) is 5.91 Å². The number of amides is 1. The summed E-state index contributed by atoms with van der Waals surface area (Å²) in [7, 11) is -4.28. The maximum absolute atomic E-state index is 12.7. The minimum atomic E-state index is -4.28. The molecule has 30 heavy (non-hydrogen) atoms. The average molecular weight is 445 g/mol. The van der Waals surface area contributed by atoms with E-state index >= 15 is 0 Å². The topological polar surface area (TPSA) is 77.5 Å². The van der Waals surface area contributed by atoms with E-state index in [1.807, 2.05) is 0 Å². The predicted molar refractivity (Wildman–Crippen MR) is 123 cm³/mol. The van der Waals surface area contributed by atoms with E-state index < -0.39 is 15.9 Å². The lowest BCUT2D eigenvalue weighted by molar-refractivity contribution is -0.134. The Hall–Kier alpha value is -0.620. The fourth-order valence-electron chi connectivity index (χ4n) is 4.55. The summed E-state index contributed by atoms with van der Waals surface area (Å²) in [6.07, 6.45) is 22.2. The average Bonchev–Trinajstić information content (AvgIpc) is 2.71. The van der Waals surface area contributed by atoms with E-state index in [2.05, 4.69) is 6.92 Å². The van der Waals surface area contributed by atoms with Crippen LogP contribution in [0.15, 0.2) is 0 Å². The first-order valence-corrected chi connectivity index (χ1v) is 14.2. The van der Waals surface area contributed by atoms with E-state index in [-0.39, 0.29) is 18.5 Å². The first kappa shape index (κ1) is 27.4. The zero-order valence-corrected chi connectivity index (χ0v) is 20.2. The number of rotatable bonds is 18. The van der Waals surface area contributed by atoms with Gasteiger partial charge in [-0.05, 0) is 19.3 Å². The van der Waals surface area contributed by atoms with Crippen molar-refractivity contribution in [2.75, 3.05) is 12.3 Å². The molecule has 0 aliphatic heterocycles. The molecule has 0 spiro atoms. The molecule has 0 saturated heterocycles. The monoisotopic (exact) mass is 444 g/mol. The van der Waals surface area contributed by atoms with Crippen LogP contribution >= 0.6 is 0 Å². The molecule has 0 radical (unpaired) electrons. The van der Waals surface area contributed by atoms with Crippen LogP contribution in [0.5, 0.6) is 0 Å². The summed E-state index contributed by atoms with van der Waals surface area (Å²) in [5.41, 5.74) is 0. The molecule has 0 heterocycles. The van der Waals surface area contributed by atoms with Gasteiger partial charge in [-0.25, -0.2) is 8.42 Å². The molecule has 1 fully saturated rings. The normalized spacial score (nSPS) is 15.4. The highest BCUT2D eigenvalue weighted by molar-refractivity contribution is 7.85. The van der Waals surface area contributed by atoms with Gasteiger partial charge in [-0.15, -0.1) is 0 Å². The molecule has 5 nitrogen and oxygen atoms in total. The van der Waals surface area contributed by atoms with Crippen molar-refractivity contribution in [2.24, 2.45) is 0 Å². The molecule has 0 N–H and O–H groups in total. The molecule has 0 bridgehead atoms. The van der Waals surface area contributed by atoms with E-state index in [0.717, 1.165) is 38.5 Å². The van der Waals surface area contributed by atoms with Gasteiger partial charge in [0.15, 0.2) is 0 Å². The van der Waals surface area contributed by atoms with E-state index in [0.29, 0.717) is 6.42 Å². The Bertz CT molecular complexity index is 529. The fraction of sp³-hybridized carbons (Fsp3) is 0.958. The van der Waals surface area contributed by atoms with E-state index in [1.54, 1.807) is 4.90 Å². The van der Waals surface area contributed by atoms with Gasteiger partial charge in [0, 0.05) is 19.0 Å². The van der Waals surface area contributed by atoms with Gasteiger partial charge >= 0.3 is 0 Å². The Labute approximate surface area is 186 Å². The summed E-state index contributed by atoms with van der Waals surface area (Å²) in [6, 6.07) is 0.120. The molecule has 1 amide bonds. The Kier molecular flexibility index (Phi) is 15.5. The lowest BCUT2D eigenvalue weighted by Gasteiger charge is -2.35. The number of carbonyl (C=O) groups is 1. The molecule has 1 aliphatic carbocycles. The molecule has 1 aliphatic rings. The van der Waals surface area contributed by atoms with Crippen LogP contribution in [0.2, 0.25) is 0 Å². The van der Waals surface area contributed by atoms with Gasteiger partial charge in [0.25, 0.3) is 0 Å². The minimum Gasteiger partial charge on any atom is -0.748 e. The second kappa shape index (κ2) is 17.0. The third kappa shape index (κ3) is 14.4. The van der Waals surface area contributed by atoms with Gasteiger partial charge < -0.3 is 9.45 Å². The third-order valence-corrected chi connectivity index (χ3v) is 7.09. The van der Waals surface area contributed by atoms with Gasteiger partial charge in [-0.2, -0.15) is 0 Å². The van der Waals surface area contributed by atoms with Crippen molar-refractivity contribution in [3.8, 4) is 0 Å². The van der Waals surface area contributed by atoms with Crippen LogP contribution in [0.3, 0.4) is 0 Å². The van der Waals surface area contributed by atoms with Crippen molar-refractivity contribution >= 4 is 16.0 Å². The molecule has 1 saturated carbocycles. The molecule has 178 valence electrons. The second-order valence-electron chi connectivity index (χ2n) is 9.13. The first-order chi connectivity index (χ1) is 14.4. The molecule has 0 unspecified atom stereocenters. The molecule has 6 heteroatoms. The van der Waals surface area contributed by atoms with E-state index in [4.69, 9.17) is 0 Å². The summed E-state index contributed by atoms with van der Waals surface area (Å²) in [6.45, 7) is 2.32. The fourth-order valence-corrected chi connectivity index (χ4v) is 4.97. The van der Waals surface area contributed by atoms with E-state index in [9.17, 15) is 17.8 Å². The smallest absolute Gasteiger partial charge is 0.222 e. The second-order valence-corrected chi connectivity index (χ2v) is 10.7. The van der Waals surface area contributed by atoms with Gasteiger partial charge in [0.1, 0.15) is 0 Å². The highest BCUT2D eigenvalue weighted by atomic mass is 32.2. The van der Waals surface area contributed by atoms with Gasteiger partial charge in [-0.1, -0.05) is 103 Å². The largest absolute Gasteiger partial charge is 0.748 e. The molecular weight excluding hydrogens is 398 g/mol. The number of carbonyl (C=O) groups excluding carboxylic acids is 1. The summed E-state index contributed by atoms with van der Waals surface area (Å²) in [5, 5.41) is 0. The molecular formula is C24H46NO4S-. The maximum Gasteiger partial charge on any atom is 0.222 e. The standard InChI is InChI=1S/C24H47NO4S/c1-2-3-4-5-6-7-8-9-10-11-12-13-17-20-24(26)25(21-22-30(27,28)29)23-18-15-14-16-19-23/h23H,2-22H2,1H3,(H,27,28,29)/p-1. The zero-order chi connectivity index (χ0) is 22.1. The Morgan fingerprint density at radius 1 is 0.800 bits per heavy atom. The summed E-state index contributed by atoms with van der Waals surface area (Å²) in [5.74, 6) is -0.429. The Balaban J connectivity index is 2.12. The van der Waals surface area contributed by atoms with Crippen LogP contribution < -0.4 is 0 Å². The highest BCUT2D eigenvalue weighted by Crippen LogP contribution is 2.24. The number of nitrogens with zero attached hydrogens (tertiary/aromatic N) is 1. The van der Waals surface area contributed by atoms with Crippen molar-refractivity contribution in [3.05, 3.63) is 0 Å². The SMILES string of the molecule is CCCCCCCCCCCCCCCC(=O)N(CCS(=O)(=O)[O-])C1CCCCC1. The molecule has 0 aromatic rings. The molecule has 1 rings (SSSR count). The van der Waals surface area contributed by atoms with Crippen LogP contribution in [-0.4, -0.2) is 42.1 Å². The van der Waals surface area contributed by atoms with Crippen molar-refractivity contribution in [2.45, 2.75) is 135 Å². The Morgan fingerprint density at radius 3 is 1.73 bits per heavy atom. The number of hydrogen-bond donors (Lipinski definition) is 0. The minimum absolute atomic E-state index is 0.0358. The first-order valence-electron chi connectivity index (χ1n) is 12.7. The van der Waals surface area contributed by atoms with Crippen molar-refractivity contribution in [1.29, 1.82) is 0 Å². The molecule has 0 aromatic heterocycles. The van der Waals surface area contributed by atoms with E-state index in [1.165, 1.54) is 77.0 Å². The summed E-state index contributed by atoms with van der Waals surface area (Å²) < 4.78 is 33.1. The van der Waals surface area contributed by atoms with Gasteiger partial charge in [-0.3, -0.25) is 4.79 Å². The summed E-state index contributed by atoms with van der Waals surface area (Å²) >= 11 is 0. The maximum atomic E-state index is 12.7. The van der Waals surface area contributed by atoms with Crippen LogP contribution in [0, 0.1) is 0 Å². The van der Waals surface area contributed by atoms with Crippen LogP contribution in [-0.2, 0) is 14.9 Å². The third-order valence-electron chi connectivity index (χ3n) is 6.41. The molecule has 0 atom stereocenters. The van der Waals surface area contributed by atoms with Crippen LogP contribution in [0.4, 0.5) is 0 Å². The number of unbranched alkanes of at least 4 members (excludes halogenated alkanes) is 12. The zero-order valence-electron chi connectivity index (χ0n) is 19.4. The lowest BCUT2D eigenvalue weighted by atomic mass is 9.94. The van der Waals surface area contributed by atoms with Crippen molar-refractivity contribution < 1.29 is 17.8 Å². The van der Waals surface area contributed by atoms with Crippen molar-refractivity contribution in [3.63, 3.8) is 0 Å². The molecule has 0 aromatic carbocycles. The predicted octanol–water partition coefficient (Wildman–Crippen LogP) is 6.17. The van der Waals surface area contributed by atoms with Crippen LogP contribution in [0.25, 0.3) is 0 Å². The lowest BCUT2D eigenvalue weighted by Crippen LogP contribution is -2.43. The number of hydrogen-bond acceptors (Lipinski definition) is 4. The van der Waals surface area contributed by atoms with Crippen LogP contribution in [0.1, 0.15) is 129 Å². The van der Waals surface area contributed by atoms with Crippen molar-refractivity contribution in [1.82, 2.24) is 4.90 Å².